The summed E-state index contributed by atoms with van der Waals surface area (Å²) in [5.74, 6) is 0.108. The van der Waals surface area contributed by atoms with Crippen LogP contribution in [0.3, 0.4) is 0 Å². The van der Waals surface area contributed by atoms with Gasteiger partial charge >= 0.3 is 0 Å². The van der Waals surface area contributed by atoms with Crippen LogP contribution in [0.5, 0.6) is 0 Å². The summed E-state index contributed by atoms with van der Waals surface area (Å²) in [6.07, 6.45) is 1.04. The standard InChI is InChI=1S/C12H16N2O/c1-9-2-4-10(5-3-9)12(15)14-7-6-11(14)8-13/h2-5,11H,6-8,13H2,1H3. The van der Waals surface area contributed by atoms with E-state index in [1.807, 2.05) is 36.1 Å². The summed E-state index contributed by atoms with van der Waals surface area (Å²) in [6.45, 7) is 3.42. The molecule has 2 rings (SSSR count). The minimum Gasteiger partial charge on any atom is -0.334 e. The number of carbonyl (C=O) groups excluding carboxylic acids is 1. The van der Waals surface area contributed by atoms with Gasteiger partial charge < -0.3 is 10.6 Å². The molecule has 1 aliphatic heterocycles. The lowest BCUT2D eigenvalue weighted by Gasteiger charge is -2.40. The molecule has 1 heterocycles. The van der Waals surface area contributed by atoms with Crippen LogP contribution in [-0.2, 0) is 0 Å². The quantitative estimate of drug-likeness (QED) is 0.786. The van der Waals surface area contributed by atoms with Crippen molar-refractivity contribution in [2.75, 3.05) is 13.1 Å². The molecule has 3 heteroatoms. The molecule has 0 radical (unpaired) electrons. The average molecular weight is 204 g/mol. The van der Waals surface area contributed by atoms with E-state index in [0.717, 1.165) is 18.5 Å². The number of likely N-dealkylation sites (tertiary alicyclic amines) is 1. The van der Waals surface area contributed by atoms with Crippen LogP contribution >= 0.6 is 0 Å². The van der Waals surface area contributed by atoms with Crippen molar-refractivity contribution in [2.24, 2.45) is 5.73 Å². The molecule has 15 heavy (non-hydrogen) atoms. The van der Waals surface area contributed by atoms with Gasteiger partial charge in [0.1, 0.15) is 0 Å². The fraction of sp³-hybridized carbons (Fsp3) is 0.417. The molecular formula is C12H16N2O. The van der Waals surface area contributed by atoms with E-state index < -0.39 is 0 Å². The van der Waals surface area contributed by atoms with E-state index in [1.165, 1.54) is 5.56 Å². The number of nitrogens with zero attached hydrogens (tertiary/aromatic N) is 1. The van der Waals surface area contributed by atoms with Gasteiger partial charge in [-0.05, 0) is 25.5 Å². The third-order valence-electron chi connectivity index (χ3n) is 2.98. The number of nitrogens with two attached hydrogens (primary N) is 1. The highest BCUT2D eigenvalue weighted by molar-refractivity contribution is 5.95. The Morgan fingerprint density at radius 3 is 2.60 bits per heavy atom. The minimum absolute atomic E-state index is 0.108. The Labute approximate surface area is 89.9 Å². The molecule has 0 aromatic heterocycles. The summed E-state index contributed by atoms with van der Waals surface area (Å²) < 4.78 is 0. The first-order chi connectivity index (χ1) is 7.22. The molecule has 1 aromatic rings. The summed E-state index contributed by atoms with van der Waals surface area (Å²) in [5.41, 5.74) is 7.50. The van der Waals surface area contributed by atoms with Gasteiger partial charge in [0.15, 0.2) is 0 Å². The number of rotatable bonds is 2. The predicted molar refractivity (Wildman–Crippen MR) is 59.7 cm³/mol. The van der Waals surface area contributed by atoms with Crippen LogP contribution in [-0.4, -0.2) is 29.9 Å². The normalized spacial score (nSPS) is 19.9. The average Bonchev–Trinajstić information content (AvgIpc) is 2.17. The van der Waals surface area contributed by atoms with Crippen molar-refractivity contribution >= 4 is 5.91 Å². The maximum atomic E-state index is 12.0. The van der Waals surface area contributed by atoms with Crippen LogP contribution in [0.4, 0.5) is 0 Å². The van der Waals surface area contributed by atoms with E-state index >= 15 is 0 Å². The van der Waals surface area contributed by atoms with Crippen LogP contribution in [0.2, 0.25) is 0 Å². The Hall–Kier alpha value is -1.35. The summed E-state index contributed by atoms with van der Waals surface area (Å²) in [5, 5.41) is 0. The Balaban J connectivity index is 2.11. The van der Waals surface area contributed by atoms with Crippen molar-refractivity contribution in [3.63, 3.8) is 0 Å². The molecule has 0 bridgehead atoms. The van der Waals surface area contributed by atoms with Crippen LogP contribution < -0.4 is 5.73 Å². The highest BCUT2D eigenvalue weighted by Crippen LogP contribution is 2.19. The number of amides is 1. The predicted octanol–water partition coefficient (Wildman–Crippen LogP) is 1.17. The summed E-state index contributed by atoms with van der Waals surface area (Å²) in [4.78, 5) is 13.8. The smallest absolute Gasteiger partial charge is 0.254 e. The molecule has 1 unspecified atom stereocenters. The molecule has 1 saturated heterocycles. The van der Waals surface area contributed by atoms with E-state index in [-0.39, 0.29) is 11.9 Å². The molecule has 0 spiro atoms. The Morgan fingerprint density at radius 1 is 1.47 bits per heavy atom. The van der Waals surface area contributed by atoms with Crippen molar-refractivity contribution in [1.29, 1.82) is 0 Å². The van der Waals surface area contributed by atoms with E-state index in [2.05, 4.69) is 0 Å². The van der Waals surface area contributed by atoms with Crippen molar-refractivity contribution < 1.29 is 4.79 Å². The highest BCUT2D eigenvalue weighted by Gasteiger charge is 2.31. The number of hydrogen-bond acceptors (Lipinski definition) is 2. The number of aryl methyl sites for hydroxylation is 1. The van der Waals surface area contributed by atoms with Gasteiger partial charge in [-0.15, -0.1) is 0 Å². The molecule has 3 nitrogen and oxygen atoms in total. The van der Waals surface area contributed by atoms with Crippen molar-refractivity contribution in [2.45, 2.75) is 19.4 Å². The fourth-order valence-corrected chi connectivity index (χ4v) is 1.82. The molecule has 1 aliphatic rings. The summed E-state index contributed by atoms with van der Waals surface area (Å²) in [6, 6.07) is 7.93. The largest absolute Gasteiger partial charge is 0.334 e. The fourth-order valence-electron chi connectivity index (χ4n) is 1.82. The van der Waals surface area contributed by atoms with Gasteiger partial charge in [-0.2, -0.15) is 0 Å². The Bertz CT molecular complexity index is 356. The Kier molecular flexibility index (Phi) is 2.73. The van der Waals surface area contributed by atoms with E-state index in [4.69, 9.17) is 5.73 Å². The number of hydrogen-bond donors (Lipinski definition) is 1. The van der Waals surface area contributed by atoms with Crippen LogP contribution in [0.15, 0.2) is 24.3 Å². The lowest BCUT2D eigenvalue weighted by molar-refractivity contribution is 0.0482. The summed E-state index contributed by atoms with van der Waals surface area (Å²) >= 11 is 0. The number of benzene rings is 1. The molecule has 80 valence electrons. The second-order valence-electron chi connectivity index (χ2n) is 4.04. The second kappa shape index (κ2) is 4.03. The SMILES string of the molecule is Cc1ccc(C(=O)N2CCC2CN)cc1. The molecule has 2 N–H and O–H groups in total. The second-order valence-corrected chi connectivity index (χ2v) is 4.04. The molecule has 1 atom stereocenters. The van der Waals surface area contributed by atoms with E-state index in [1.54, 1.807) is 0 Å². The molecule has 1 amide bonds. The maximum absolute atomic E-state index is 12.0. The third-order valence-corrected chi connectivity index (χ3v) is 2.98. The van der Waals surface area contributed by atoms with Gasteiger partial charge in [-0.25, -0.2) is 0 Å². The third kappa shape index (κ3) is 1.88. The topological polar surface area (TPSA) is 46.3 Å². The first-order valence-corrected chi connectivity index (χ1v) is 5.30. The Morgan fingerprint density at radius 2 is 2.13 bits per heavy atom. The van der Waals surface area contributed by atoms with Crippen molar-refractivity contribution in [1.82, 2.24) is 4.90 Å². The molecular weight excluding hydrogens is 188 g/mol. The lowest BCUT2D eigenvalue weighted by Crippen LogP contribution is -2.54. The van der Waals surface area contributed by atoms with E-state index in [0.29, 0.717) is 6.54 Å². The van der Waals surface area contributed by atoms with Crippen LogP contribution in [0.1, 0.15) is 22.3 Å². The van der Waals surface area contributed by atoms with Gasteiger partial charge in [0.05, 0.1) is 0 Å². The van der Waals surface area contributed by atoms with Crippen LogP contribution in [0, 0.1) is 6.92 Å². The maximum Gasteiger partial charge on any atom is 0.254 e. The molecule has 0 aliphatic carbocycles. The first kappa shape index (κ1) is 10.2. The monoisotopic (exact) mass is 204 g/mol. The number of carbonyl (C=O) groups is 1. The van der Waals surface area contributed by atoms with Gasteiger partial charge in [-0.3, -0.25) is 4.79 Å². The first-order valence-electron chi connectivity index (χ1n) is 5.30. The summed E-state index contributed by atoms with van der Waals surface area (Å²) in [7, 11) is 0. The zero-order chi connectivity index (χ0) is 10.8. The lowest BCUT2D eigenvalue weighted by atomic mass is 10.0. The zero-order valence-corrected chi connectivity index (χ0v) is 8.94. The zero-order valence-electron chi connectivity index (χ0n) is 8.94. The van der Waals surface area contributed by atoms with Gasteiger partial charge in [-0.1, -0.05) is 17.7 Å². The highest BCUT2D eigenvalue weighted by atomic mass is 16.2. The molecule has 0 saturated carbocycles. The molecule has 1 aromatic carbocycles. The van der Waals surface area contributed by atoms with Gasteiger partial charge in [0.25, 0.3) is 5.91 Å². The van der Waals surface area contributed by atoms with Gasteiger partial charge in [0.2, 0.25) is 0 Å². The van der Waals surface area contributed by atoms with Crippen LogP contribution in [0.25, 0.3) is 0 Å². The molecule has 1 fully saturated rings. The van der Waals surface area contributed by atoms with E-state index in [9.17, 15) is 4.79 Å². The minimum atomic E-state index is 0.108. The van der Waals surface area contributed by atoms with Crippen molar-refractivity contribution in [3.05, 3.63) is 35.4 Å². The van der Waals surface area contributed by atoms with Crippen molar-refractivity contribution in [3.8, 4) is 0 Å². The van der Waals surface area contributed by atoms with Gasteiger partial charge in [0, 0.05) is 24.7 Å².